The Morgan fingerprint density at radius 3 is 1.28 bits per heavy atom. The molecule has 0 spiro atoms. The largest absolute Gasteiger partial charge is 0.325 e. The smallest absolute Gasteiger partial charge is 0.0174 e. The van der Waals surface area contributed by atoms with Crippen LogP contribution in [-0.4, -0.2) is 11.1 Å². The van der Waals surface area contributed by atoms with Gasteiger partial charge in [-0.15, -0.1) is 0 Å². The number of unbranched alkanes of at least 4 members (excludes halogenated alkanes) is 9. The van der Waals surface area contributed by atoms with Crippen LogP contribution >= 0.6 is 0 Å². The minimum atomic E-state index is 0.0312. The fourth-order valence-electron chi connectivity index (χ4n) is 5.98. The summed E-state index contributed by atoms with van der Waals surface area (Å²) in [5.41, 5.74) is 13.3. The molecular weight excluding hydrogens is 352 g/mol. The fourth-order valence-corrected chi connectivity index (χ4v) is 5.98. The lowest BCUT2D eigenvalue weighted by atomic mass is 9.66. The van der Waals surface area contributed by atoms with E-state index in [4.69, 9.17) is 11.5 Å². The Morgan fingerprint density at radius 2 is 0.966 bits per heavy atom. The Balaban J connectivity index is 0.000000311. The maximum absolute atomic E-state index is 6.63. The van der Waals surface area contributed by atoms with Crippen molar-refractivity contribution in [2.45, 2.75) is 161 Å². The van der Waals surface area contributed by atoms with Gasteiger partial charge < -0.3 is 11.5 Å². The molecule has 2 fully saturated rings. The second-order valence-electron chi connectivity index (χ2n) is 11.1. The highest BCUT2D eigenvalue weighted by Gasteiger charge is 2.40. The summed E-state index contributed by atoms with van der Waals surface area (Å²) >= 11 is 0. The first-order valence-electron chi connectivity index (χ1n) is 13.4. The Hall–Kier alpha value is -0.0800. The van der Waals surface area contributed by atoms with E-state index in [0.717, 1.165) is 18.3 Å². The summed E-state index contributed by atoms with van der Waals surface area (Å²) in [6.07, 6.45) is 25.5. The summed E-state index contributed by atoms with van der Waals surface area (Å²) in [6, 6.07) is 0. The van der Waals surface area contributed by atoms with Crippen LogP contribution in [0.15, 0.2) is 0 Å². The van der Waals surface area contributed by atoms with Crippen LogP contribution in [0.2, 0.25) is 0 Å². The zero-order valence-corrected chi connectivity index (χ0v) is 20.7. The Kier molecular flexibility index (Phi) is 13.8. The molecule has 29 heavy (non-hydrogen) atoms. The number of hydrogen-bond donors (Lipinski definition) is 2. The van der Waals surface area contributed by atoms with Crippen LogP contribution in [0.4, 0.5) is 0 Å². The second-order valence-corrected chi connectivity index (χ2v) is 11.1. The minimum Gasteiger partial charge on any atom is -0.325 e. The van der Waals surface area contributed by atoms with Gasteiger partial charge in [0.2, 0.25) is 0 Å². The van der Waals surface area contributed by atoms with Crippen molar-refractivity contribution < 1.29 is 0 Å². The Morgan fingerprint density at radius 1 is 0.621 bits per heavy atom. The number of nitrogens with two attached hydrogens (primary N) is 2. The van der Waals surface area contributed by atoms with Crippen LogP contribution in [0.1, 0.15) is 150 Å². The van der Waals surface area contributed by atoms with Crippen molar-refractivity contribution >= 4 is 0 Å². The maximum atomic E-state index is 6.63. The van der Waals surface area contributed by atoms with Crippen molar-refractivity contribution in [3.63, 3.8) is 0 Å². The standard InChI is InChI=1S/C15H30N2.C12H26/c1-12-5-3-7-14(16,9-12)11-15(17)8-4-6-13(2)10-15;1-3-5-7-9-11-12-10-8-6-4-2/h12-13H,3-11,16-17H2,1-2H3;3-12H2,1-2H3. The van der Waals surface area contributed by atoms with Crippen molar-refractivity contribution in [2.24, 2.45) is 23.3 Å². The van der Waals surface area contributed by atoms with Crippen LogP contribution in [0, 0.1) is 11.8 Å². The van der Waals surface area contributed by atoms with Crippen LogP contribution < -0.4 is 11.5 Å². The highest BCUT2D eigenvalue weighted by molar-refractivity contribution is 5.00. The molecule has 0 aliphatic heterocycles. The minimum absolute atomic E-state index is 0.0312. The molecule has 174 valence electrons. The van der Waals surface area contributed by atoms with Gasteiger partial charge in [-0.3, -0.25) is 0 Å². The van der Waals surface area contributed by atoms with E-state index in [-0.39, 0.29) is 11.1 Å². The van der Waals surface area contributed by atoms with Crippen LogP contribution in [-0.2, 0) is 0 Å². The zero-order chi connectivity index (χ0) is 21.6. The van der Waals surface area contributed by atoms with Crippen LogP contribution in [0.5, 0.6) is 0 Å². The molecule has 0 aromatic carbocycles. The Labute approximate surface area is 184 Å². The van der Waals surface area contributed by atoms with Gasteiger partial charge in [0.1, 0.15) is 0 Å². The van der Waals surface area contributed by atoms with E-state index >= 15 is 0 Å². The summed E-state index contributed by atoms with van der Waals surface area (Å²) in [7, 11) is 0. The summed E-state index contributed by atoms with van der Waals surface area (Å²) in [5, 5.41) is 0. The van der Waals surface area contributed by atoms with Gasteiger partial charge in [0, 0.05) is 11.1 Å². The molecule has 2 aliphatic carbocycles. The lowest BCUT2D eigenvalue weighted by molar-refractivity contribution is 0.137. The third kappa shape index (κ3) is 12.4. The molecule has 0 aromatic heterocycles. The predicted octanol–water partition coefficient (Wildman–Crippen LogP) is 8.12. The van der Waals surface area contributed by atoms with Crippen molar-refractivity contribution in [1.29, 1.82) is 0 Å². The quantitative estimate of drug-likeness (QED) is 0.339. The van der Waals surface area contributed by atoms with Gasteiger partial charge in [-0.05, 0) is 43.9 Å². The number of rotatable bonds is 11. The lowest BCUT2D eigenvalue weighted by Gasteiger charge is -2.46. The zero-order valence-electron chi connectivity index (χ0n) is 20.7. The second kappa shape index (κ2) is 14.8. The summed E-state index contributed by atoms with van der Waals surface area (Å²) in [4.78, 5) is 0. The van der Waals surface area contributed by atoms with Crippen molar-refractivity contribution in [3.8, 4) is 0 Å². The SMILES string of the molecule is CC1CCCC(N)(CC2(N)CCCC(C)C2)C1.CCCCCCCCCCCC. The van der Waals surface area contributed by atoms with Gasteiger partial charge in [-0.1, -0.05) is 118 Å². The van der Waals surface area contributed by atoms with Crippen molar-refractivity contribution in [3.05, 3.63) is 0 Å². The van der Waals surface area contributed by atoms with Gasteiger partial charge in [-0.2, -0.15) is 0 Å². The van der Waals surface area contributed by atoms with Crippen molar-refractivity contribution in [1.82, 2.24) is 0 Å². The van der Waals surface area contributed by atoms with E-state index in [9.17, 15) is 0 Å². The summed E-state index contributed by atoms with van der Waals surface area (Å²) < 4.78 is 0. The van der Waals surface area contributed by atoms with E-state index < -0.39 is 0 Å². The average Bonchev–Trinajstić information content (AvgIpc) is 2.63. The molecule has 0 aromatic rings. The van der Waals surface area contributed by atoms with E-state index in [1.165, 1.54) is 116 Å². The molecule has 0 heterocycles. The first-order valence-corrected chi connectivity index (χ1v) is 13.4. The molecule has 0 saturated heterocycles. The topological polar surface area (TPSA) is 52.0 Å². The molecule has 0 amide bonds. The molecule has 4 atom stereocenters. The predicted molar refractivity (Wildman–Crippen MR) is 131 cm³/mol. The molecule has 0 bridgehead atoms. The highest BCUT2D eigenvalue weighted by Crippen LogP contribution is 2.41. The van der Waals surface area contributed by atoms with Crippen LogP contribution in [0.25, 0.3) is 0 Å². The molecule has 2 aliphatic rings. The summed E-state index contributed by atoms with van der Waals surface area (Å²) in [6.45, 7) is 9.24. The number of hydrogen-bond acceptors (Lipinski definition) is 2. The molecule has 0 radical (unpaired) electrons. The Bertz CT molecular complexity index is 360. The fraction of sp³-hybridized carbons (Fsp3) is 1.00. The molecule has 4 N–H and O–H groups in total. The van der Waals surface area contributed by atoms with E-state index in [2.05, 4.69) is 27.7 Å². The first-order chi connectivity index (χ1) is 13.8. The van der Waals surface area contributed by atoms with Gasteiger partial charge in [0.15, 0.2) is 0 Å². The molecule has 2 heteroatoms. The van der Waals surface area contributed by atoms with Gasteiger partial charge >= 0.3 is 0 Å². The average molecular weight is 409 g/mol. The third-order valence-electron chi connectivity index (χ3n) is 7.41. The van der Waals surface area contributed by atoms with E-state index in [1.807, 2.05) is 0 Å². The maximum Gasteiger partial charge on any atom is 0.0174 e. The normalized spacial score (nSPS) is 32.5. The van der Waals surface area contributed by atoms with Gasteiger partial charge in [0.25, 0.3) is 0 Å². The van der Waals surface area contributed by atoms with Gasteiger partial charge in [0.05, 0.1) is 0 Å². The van der Waals surface area contributed by atoms with Crippen LogP contribution in [0.3, 0.4) is 0 Å². The lowest BCUT2D eigenvalue weighted by Crippen LogP contribution is -2.55. The highest BCUT2D eigenvalue weighted by atomic mass is 14.8. The van der Waals surface area contributed by atoms with Crippen molar-refractivity contribution in [2.75, 3.05) is 0 Å². The van der Waals surface area contributed by atoms with Gasteiger partial charge in [-0.25, -0.2) is 0 Å². The molecule has 2 nitrogen and oxygen atoms in total. The molecule has 2 rings (SSSR count). The monoisotopic (exact) mass is 408 g/mol. The molecule has 2 saturated carbocycles. The molecule has 4 unspecified atom stereocenters. The third-order valence-corrected chi connectivity index (χ3v) is 7.41. The first kappa shape index (κ1) is 27.0. The summed E-state index contributed by atoms with van der Waals surface area (Å²) in [5.74, 6) is 1.58. The molecular formula is C27H56N2. The van der Waals surface area contributed by atoms with E-state index in [0.29, 0.717) is 0 Å². The van der Waals surface area contributed by atoms with E-state index in [1.54, 1.807) is 0 Å².